The van der Waals surface area contributed by atoms with Crippen molar-refractivity contribution in [2.24, 2.45) is 0 Å². The normalized spacial score (nSPS) is 17.0. The van der Waals surface area contributed by atoms with Crippen LogP contribution in [0.4, 0.5) is 5.82 Å². The maximum absolute atomic E-state index is 6.26. The van der Waals surface area contributed by atoms with Gasteiger partial charge in [0.25, 0.3) is 0 Å². The van der Waals surface area contributed by atoms with Crippen molar-refractivity contribution < 1.29 is 4.74 Å². The van der Waals surface area contributed by atoms with Crippen LogP contribution in [0.15, 0.2) is 18.5 Å². The molecule has 6 heteroatoms. The van der Waals surface area contributed by atoms with Gasteiger partial charge in [-0.1, -0.05) is 11.6 Å². The van der Waals surface area contributed by atoms with Crippen LogP contribution in [0.25, 0.3) is 10.9 Å². The van der Waals surface area contributed by atoms with Crippen LogP contribution < -0.4 is 9.64 Å². The summed E-state index contributed by atoms with van der Waals surface area (Å²) in [4.78, 5) is 13.5. The lowest BCUT2D eigenvalue weighted by molar-refractivity contribution is 0.360. The summed E-state index contributed by atoms with van der Waals surface area (Å²) in [6.07, 6.45) is 2.74. The number of hydrogen-bond acceptors (Lipinski definition) is 5. The van der Waals surface area contributed by atoms with Crippen LogP contribution in [0.2, 0.25) is 5.02 Å². The molecule has 0 bridgehead atoms. The predicted octanol–water partition coefficient (Wildman–Crippen LogP) is 2.43. The van der Waals surface area contributed by atoms with Gasteiger partial charge in [-0.25, -0.2) is 9.97 Å². The third-order valence-corrected chi connectivity index (χ3v) is 4.20. The van der Waals surface area contributed by atoms with E-state index in [1.54, 1.807) is 13.4 Å². The lowest BCUT2D eigenvalue weighted by atomic mass is 10.2. The van der Waals surface area contributed by atoms with Gasteiger partial charge in [0.05, 0.1) is 17.6 Å². The summed E-state index contributed by atoms with van der Waals surface area (Å²) in [5, 5.41) is 1.57. The minimum Gasteiger partial charge on any atom is -0.495 e. The molecule has 0 atom stereocenters. The zero-order valence-corrected chi connectivity index (χ0v) is 13.1. The first kappa shape index (κ1) is 14.4. The van der Waals surface area contributed by atoms with E-state index in [9.17, 15) is 0 Å². The number of methoxy groups -OCH3 is 1. The zero-order valence-electron chi connectivity index (χ0n) is 12.3. The third-order valence-electron chi connectivity index (χ3n) is 3.91. The molecule has 1 aliphatic heterocycles. The van der Waals surface area contributed by atoms with Gasteiger partial charge in [-0.05, 0) is 26.1 Å². The van der Waals surface area contributed by atoms with Crippen molar-refractivity contribution in [3.63, 3.8) is 0 Å². The van der Waals surface area contributed by atoms with Gasteiger partial charge >= 0.3 is 0 Å². The monoisotopic (exact) mass is 306 g/mol. The minimum atomic E-state index is 0.591. The highest BCUT2D eigenvalue weighted by Gasteiger charge is 2.17. The Morgan fingerprint density at radius 2 is 2.00 bits per heavy atom. The number of rotatable bonds is 2. The smallest absolute Gasteiger partial charge is 0.139 e. The van der Waals surface area contributed by atoms with Crippen LogP contribution in [-0.4, -0.2) is 55.2 Å². The number of benzene rings is 1. The van der Waals surface area contributed by atoms with E-state index in [4.69, 9.17) is 16.3 Å². The van der Waals surface area contributed by atoms with Crippen molar-refractivity contribution in [1.29, 1.82) is 0 Å². The Hall–Kier alpha value is -1.59. The fourth-order valence-corrected chi connectivity index (χ4v) is 2.95. The molecule has 21 heavy (non-hydrogen) atoms. The molecule has 1 aromatic heterocycles. The molecule has 2 heterocycles. The third kappa shape index (κ3) is 2.89. The number of halogens is 1. The number of ether oxygens (including phenoxy) is 1. The van der Waals surface area contributed by atoms with E-state index in [2.05, 4.69) is 26.8 Å². The number of fused-ring (bicyclic) bond motifs is 1. The van der Waals surface area contributed by atoms with E-state index in [1.165, 1.54) is 0 Å². The van der Waals surface area contributed by atoms with Gasteiger partial charge in [0.1, 0.15) is 17.9 Å². The van der Waals surface area contributed by atoms with Crippen molar-refractivity contribution in [1.82, 2.24) is 14.9 Å². The Morgan fingerprint density at radius 1 is 1.14 bits per heavy atom. The van der Waals surface area contributed by atoms with Crippen LogP contribution in [0, 0.1) is 0 Å². The molecule has 112 valence electrons. The Morgan fingerprint density at radius 3 is 2.81 bits per heavy atom. The molecule has 1 aliphatic rings. The molecular weight excluding hydrogens is 288 g/mol. The SMILES string of the molecule is COc1cc2ncnc(N3CCCN(C)CC3)c2cc1Cl. The standard InChI is InChI=1S/C15H19ClN4O/c1-19-4-3-5-20(7-6-19)15-11-8-12(16)14(21-2)9-13(11)17-10-18-15/h8-10H,3-7H2,1-2H3. The summed E-state index contributed by atoms with van der Waals surface area (Å²) in [6.45, 7) is 4.12. The molecule has 1 aromatic carbocycles. The summed E-state index contributed by atoms with van der Waals surface area (Å²) < 4.78 is 5.26. The van der Waals surface area contributed by atoms with Crippen LogP contribution in [-0.2, 0) is 0 Å². The van der Waals surface area contributed by atoms with Crippen LogP contribution in [0.1, 0.15) is 6.42 Å². The van der Waals surface area contributed by atoms with E-state index >= 15 is 0 Å². The number of hydrogen-bond donors (Lipinski definition) is 0. The summed E-state index contributed by atoms with van der Waals surface area (Å²) in [7, 11) is 3.77. The summed E-state index contributed by atoms with van der Waals surface area (Å²) in [5.41, 5.74) is 0.860. The highest BCUT2D eigenvalue weighted by Crippen LogP contribution is 2.33. The van der Waals surface area contributed by atoms with Crippen molar-refractivity contribution in [2.45, 2.75) is 6.42 Å². The van der Waals surface area contributed by atoms with E-state index in [1.807, 2.05) is 12.1 Å². The number of anilines is 1. The fourth-order valence-electron chi connectivity index (χ4n) is 2.71. The first-order chi connectivity index (χ1) is 10.2. The Kier molecular flexibility index (Phi) is 4.12. The van der Waals surface area contributed by atoms with Gasteiger partial charge in [-0.15, -0.1) is 0 Å². The summed E-state index contributed by atoms with van der Waals surface area (Å²) in [6, 6.07) is 3.77. The zero-order chi connectivity index (χ0) is 14.8. The average molecular weight is 307 g/mol. The second-order valence-electron chi connectivity index (χ2n) is 5.35. The van der Waals surface area contributed by atoms with Gasteiger partial charge in [0, 0.05) is 31.1 Å². The largest absolute Gasteiger partial charge is 0.495 e. The van der Waals surface area contributed by atoms with E-state index in [0.29, 0.717) is 10.8 Å². The molecule has 0 unspecified atom stereocenters. The lowest BCUT2D eigenvalue weighted by Gasteiger charge is -2.23. The highest BCUT2D eigenvalue weighted by molar-refractivity contribution is 6.33. The first-order valence-electron chi connectivity index (χ1n) is 7.11. The lowest BCUT2D eigenvalue weighted by Crippen LogP contribution is -2.29. The predicted molar refractivity (Wildman–Crippen MR) is 85.4 cm³/mol. The summed E-state index contributed by atoms with van der Waals surface area (Å²) >= 11 is 6.26. The fraction of sp³-hybridized carbons (Fsp3) is 0.467. The Balaban J connectivity index is 2.03. The minimum absolute atomic E-state index is 0.591. The van der Waals surface area contributed by atoms with Crippen LogP contribution >= 0.6 is 11.6 Å². The molecule has 0 N–H and O–H groups in total. The van der Waals surface area contributed by atoms with Gasteiger partial charge in [0.2, 0.25) is 0 Å². The topological polar surface area (TPSA) is 41.5 Å². The molecular formula is C15H19ClN4O. The molecule has 3 rings (SSSR count). The second-order valence-corrected chi connectivity index (χ2v) is 5.75. The van der Waals surface area contributed by atoms with Crippen molar-refractivity contribution >= 4 is 28.3 Å². The quantitative estimate of drug-likeness (QED) is 0.852. The van der Waals surface area contributed by atoms with Gasteiger partial charge in [-0.2, -0.15) is 0 Å². The van der Waals surface area contributed by atoms with Gasteiger partial charge in [-0.3, -0.25) is 0 Å². The Labute approximate surface area is 129 Å². The van der Waals surface area contributed by atoms with Crippen molar-refractivity contribution in [3.05, 3.63) is 23.5 Å². The molecule has 0 radical (unpaired) electrons. The van der Waals surface area contributed by atoms with E-state index in [-0.39, 0.29) is 0 Å². The average Bonchev–Trinajstić information content (AvgIpc) is 2.70. The van der Waals surface area contributed by atoms with E-state index < -0.39 is 0 Å². The first-order valence-corrected chi connectivity index (χ1v) is 7.48. The Bertz CT molecular complexity index is 649. The summed E-state index contributed by atoms with van der Waals surface area (Å²) in [5.74, 6) is 1.60. The molecule has 0 spiro atoms. The van der Waals surface area contributed by atoms with Crippen LogP contribution in [0.3, 0.4) is 0 Å². The van der Waals surface area contributed by atoms with E-state index in [0.717, 1.165) is 49.3 Å². The molecule has 1 fully saturated rings. The molecule has 5 nitrogen and oxygen atoms in total. The van der Waals surface area contributed by atoms with Gasteiger partial charge in [0.15, 0.2) is 0 Å². The molecule has 0 aliphatic carbocycles. The number of nitrogens with zero attached hydrogens (tertiary/aromatic N) is 4. The maximum Gasteiger partial charge on any atom is 0.139 e. The highest BCUT2D eigenvalue weighted by atomic mass is 35.5. The molecule has 1 saturated heterocycles. The number of likely N-dealkylation sites (N-methyl/N-ethyl adjacent to an activating group) is 1. The van der Waals surface area contributed by atoms with Crippen LogP contribution in [0.5, 0.6) is 5.75 Å². The molecule has 0 saturated carbocycles. The maximum atomic E-state index is 6.26. The molecule has 0 amide bonds. The second kappa shape index (κ2) is 6.03. The van der Waals surface area contributed by atoms with Crippen molar-refractivity contribution in [3.8, 4) is 5.75 Å². The molecule has 2 aromatic rings. The van der Waals surface area contributed by atoms with Gasteiger partial charge < -0.3 is 14.5 Å². The van der Waals surface area contributed by atoms with Crippen molar-refractivity contribution in [2.75, 3.05) is 45.2 Å². The number of aromatic nitrogens is 2.